The number of aryl methyl sites for hydroxylation is 1. The lowest BCUT2D eigenvalue weighted by atomic mass is 9.96. The molecule has 0 fully saturated rings. The van der Waals surface area contributed by atoms with E-state index in [4.69, 9.17) is 5.26 Å². The fourth-order valence-corrected chi connectivity index (χ4v) is 2.64. The predicted octanol–water partition coefficient (Wildman–Crippen LogP) is 2.94. The van der Waals surface area contributed by atoms with Gasteiger partial charge in [-0.3, -0.25) is 0 Å². The lowest BCUT2D eigenvalue weighted by Crippen LogP contribution is -1.96. The number of hydrogen-bond acceptors (Lipinski definition) is 3. The molecule has 0 aliphatic carbocycles. The molecule has 0 aliphatic rings. The summed E-state index contributed by atoms with van der Waals surface area (Å²) < 4.78 is 22.8. The van der Waals surface area contributed by atoms with Crippen LogP contribution in [0, 0.1) is 18.3 Å². The van der Waals surface area contributed by atoms with Crippen molar-refractivity contribution >= 4 is 9.84 Å². The van der Waals surface area contributed by atoms with Crippen molar-refractivity contribution in [1.82, 2.24) is 0 Å². The van der Waals surface area contributed by atoms with Crippen LogP contribution in [0.4, 0.5) is 0 Å². The van der Waals surface area contributed by atoms with Gasteiger partial charge in [0.1, 0.15) is 0 Å². The van der Waals surface area contributed by atoms with Gasteiger partial charge in [0.05, 0.1) is 16.5 Å². The molecule has 2 aromatic carbocycles. The Kier molecular flexibility index (Phi) is 3.41. The third-order valence-corrected chi connectivity index (χ3v) is 4.09. The van der Waals surface area contributed by atoms with Gasteiger partial charge in [0.25, 0.3) is 0 Å². The molecule has 0 unspecified atom stereocenters. The third kappa shape index (κ3) is 2.67. The van der Waals surface area contributed by atoms with E-state index in [1.54, 1.807) is 30.3 Å². The van der Waals surface area contributed by atoms with E-state index in [0.29, 0.717) is 5.56 Å². The van der Waals surface area contributed by atoms with Crippen LogP contribution in [0.5, 0.6) is 0 Å². The molecular weight excluding hydrogens is 258 g/mol. The van der Waals surface area contributed by atoms with Gasteiger partial charge in [-0.25, -0.2) is 8.42 Å². The van der Waals surface area contributed by atoms with Crippen LogP contribution in [0.15, 0.2) is 47.4 Å². The Morgan fingerprint density at radius 1 is 1.05 bits per heavy atom. The van der Waals surface area contributed by atoms with Crippen LogP contribution in [0.25, 0.3) is 11.1 Å². The van der Waals surface area contributed by atoms with Crippen LogP contribution in [-0.2, 0) is 9.84 Å². The Labute approximate surface area is 113 Å². The van der Waals surface area contributed by atoms with Crippen LogP contribution in [0.3, 0.4) is 0 Å². The highest BCUT2D eigenvalue weighted by Crippen LogP contribution is 2.27. The summed E-state index contributed by atoms with van der Waals surface area (Å²) in [6, 6.07) is 14.3. The number of rotatable bonds is 2. The zero-order valence-electron chi connectivity index (χ0n) is 10.7. The molecule has 2 aromatic rings. The van der Waals surface area contributed by atoms with Crippen LogP contribution in [-0.4, -0.2) is 14.7 Å². The fraction of sp³-hybridized carbons (Fsp3) is 0.133. The van der Waals surface area contributed by atoms with E-state index in [0.717, 1.165) is 16.7 Å². The molecule has 0 aliphatic heterocycles. The van der Waals surface area contributed by atoms with Gasteiger partial charge < -0.3 is 0 Å². The summed E-state index contributed by atoms with van der Waals surface area (Å²) in [5.74, 6) is 0. The molecule has 19 heavy (non-hydrogen) atoms. The Bertz CT molecular complexity index is 754. The molecule has 0 heterocycles. The molecule has 4 heteroatoms. The van der Waals surface area contributed by atoms with E-state index in [1.807, 2.05) is 19.1 Å². The minimum Gasteiger partial charge on any atom is -0.224 e. The van der Waals surface area contributed by atoms with Crippen molar-refractivity contribution in [1.29, 1.82) is 5.26 Å². The maximum absolute atomic E-state index is 11.4. The minimum atomic E-state index is -3.19. The van der Waals surface area contributed by atoms with E-state index in [1.165, 1.54) is 6.26 Å². The van der Waals surface area contributed by atoms with Crippen molar-refractivity contribution in [3.05, 3.63) is 53.6 Å². The van der Waals surface area contributed by atoms with Crippen molar-refractivity contribution in [2.24, 2.45) is 0 Å². The lowest BCUT2D eigenvalue weighted by molar-refractivity contribution is 0.602. The predicted molar refractivity (Wildman–Crippen MR) is 74.4 cm³/mol. The van der Waals surface area contributed by atoms with E-state index < -0.39 is 9.84 Å². The molecule has 0 saturated carbocycles. The Morgan fingerprint density at radius 2 is 1.68 bits per heavy atom. The Morgan fingerprint density at radius 3 is 2.21 bits per heavy atom. The molecule has 0 amide bonds. The van der Waals surface area contributed by atoms with Crippen LogP contribution in [0.2, 0.25) is 0 Å². The van der Waals surface area contributed by atoms with Crippen LogP contribution >= 0.6 is 0 Å². The molecule has 0 aromatic heterocycles. The first kappa shape index (κ1) is 13.3. The summed E-state index contributed by atoms with van der Waals surface area (Å²) in [6.07, 6.45) is 1.18. The molecule has 0 N–H and O–H groups in total. The largest absolute Gasteiger partial charge is 0.224 e. The molecule has 0 radical (unpaired) electrons. The zero-order valence-corrected chi connectivity index (χ0v) is 11.5. The first-order valence-corrected chi connectivity index (χ1v) is 7.63. The number of nitrogens with zero attached hydrogens (tertiary/aromatic N) is 1. The maximum Gasteiger partial charge on any atom is 0.175 e. The topological polar surface area (TPSA) is 57.9 Å². The Hall–Kier alpha value is -2.12. The zero-order chi connectivity index (χ0) is 14.0. The van der Waals surface area contributed by atoms with E-state index in [-0.39, 0.29) is 4.90 Å². The quantitative estimate of drug-likeness (QED) is 0.843. The van der Waals surface area contributed by atoms with Gasteiger partial charge in [-0.15, -0.1) is 0 Å². The summed E-state index contributed by atoms with van der Waals surface area (Å²) in [5.41, 5.74) is 3.28. The van der Waals surface area contributed by atoms with Gasteiger partial charge in [-0.2, -0.15) is 5.26 Å². The highest BCUT2D eigenvalue weighted by molar-refractivity contribution is 7.90. The molecule has 0 saturated heterocycles. The lowest BCUT2D eigenvalue weighted by Gasteiger charge is -2.08. The van der Waals surface area contributed by atoms with E-state index in [9.17, 15) is 8.42 Å². The average Bonchev–Trinajstić information content (AvgIpc) is 2.37. The fourth-order valence-electron chi connectivity index (χ4n) is 2.01. The molecule has 0 bridgehead atoms. The number of hydrogen-bond donors (Lipinski definition) is 0. The van der Waals surface area contributed by atoms with Gasteiger partial charge in [0.15, 0.2) is 9.84 Å². The summed E-state index contributed by atoms with van der Waals surface area (Å²) >= 11 is 0. The van der Waals surface area contributed by atoms with Gasteiger partial charge in [0.2, 0.25) is 0 Å². The second kappa shape index (κ2) is 4.87. The Balaban J connectivity index is 2.59. The summed E-state index contributed by atoms with van der Waals surface area (Å²) in [5, 5.41) is 9.14. The second-order valence-electron chi connectivity index (χ2n) is 4.41. The average molecular weight is 271 g/mol. The molecule has 3 nitrogen and oxygen atoms in total. The van der Waals surface area contributed by atoms with E-state index in [2.05, 4.69) is 6.07 Å². The first-order valence-electron chi connectivity index (χ1n) is 5.73. The van der Waals surface area contributed by atoms with Crippen molar-refractivity contribution < 1.29 is 8.42 Å². The normalized spacial score (nSPS) is 11.0. The highest BCUT2D eigenvalue weighted by Gasteiger charge is 2.10. The number of sulfone groups is 1. The third-order valence-electron chi connectivity index (χ3n) is 2.96. The molecule has 96 valence electrons. The second-order valence-corrected chi connectivity index (χ2v) is 6.42. The van der Waals surface area contributed by atoms with Gasteiger partial charge in [0, 0.05) is 11.8 Å². The molecular formula is C15H13NO2S. The number of nitriles is 1. The first-order chi connectivity index (χ1) is 8.93. The van der Waals surface area contributed by atoms with Gasteiger partial charge in [-0.05, 0) is 36.2 Å². The molecule has 2 rings (SSSR count). The maximum atomic E-state index is 11.4. The summed E-state index contributed by atoms with van der Waals surface area (Å²) in [6.45, 7) is 1.93. The van der Waals surface area contributed by atoms with Gasteiger partial charge in [-0.1, -0.05) is 24.3 Å². The van der Waals surface area contributed by atoms with Crippen molar-refractivity contribution in [3.8, 4) is 17.2 Å². The van der Waals surface area contributed by atoms with Crippen LogP contribution in [0.1, 0.15) is 11.1 Å². The highest BCUT2D eigenvalue weighted by atomic mass is 32.2. The molecule has 0 spiro atoms. The number of benzene rings is 2. The van der Waals surface area contributed by atoms with Crippen molar-refractivity contribution in [3.63, 3.8) is 0 Å². The van der Waals surface area contributed by atoms with E-state index >= 15 is 0 Å². The van der Waals surface area contributed by atoms with Crippen LogP contribution < -0.4 is 0 Å². The van der Waals surface area contributed by atoms with Gasteiger partial charge >= 0.3 is 0 Å². The standard InChI is InChI=1S/C15H13NO2S/c1-11-4-3-5-13(10-16)15(11)12-6-8-14(9-7-12)19(2,17)18/h3-9H,1-2H3. The smallest absolute Gasteiger partial charge is 0.175 e. The summed E-state index contributed by atoms with van der Waals surface area (Å²) in [4.78, 5) is 0.281. The monoisotopic (exact) mass is 271 g/mol. The summed E-state index contributed by atoms with van der Waals surface area (Å²) in [7, 11) is -3.19. The molecule has 0 atom stereocenters. The minimum absolute atomic E-state index is 0.281. The van der Waals surface area contributed by atoms with Crippen molar-refractivity contribution in [2.75, 3.05) is 6.26 Å². The SMILES string of the molecule is Cc1cccc(C#N)c1-c1ccc(S(C)(=O)=O)cc1. The van der Waals surface area contributed by atoms with Crippen molar-refractivity contribution in [2.45, 2.75) is 11.8 Å².